The molecular formula is C85H53N9. The molecule has 9 heteroatoms. The number of nitrogens with zero attached hydrogens (tertiary/aromatic N) is 9. The van der Waals surface area contributed by atoms with Crippen LogP contribution in [0.4, 0.5) is 0 Å². The minimum atomic E-state index is 0.445. The van der Waals surface area contributed by atoms with Crippen LogP contribution in [0.5, 0.6) is 0 Å². The lowest BCUT2D eigenvalue weighted by Crippen LogP contribution is -2.18. The predicted octanol–water partition coefficient (Wildman–Crippen LogP) is 21.1. The highest BCUT2D eigenvalue weighted by Crippen LogP contribution is 2.54. The van der Waals surface area contributed by atoms with Crippen LogP contribution >= 0.6 is 0 Å². The molecule has 19 aromatic rings. The molecule has 0 aliphatic carbocycles. The number of rotatable bonds is 10. The Morgan fingerprint density at radius 1 is 0.170 bits per heavy atom. The number of hydrogen-bond donors (Lipinski definition) is 0. The average Bonchev–Trinajstić information content (AvgIpc) is 1.39. The van der Waals surface area contributed by atoms with Crippen LogP contribution in [0.15, 0.2) is 322 Å². The lowest BCUT2D eigenvalue weighted by molar-refractivity contribution is 1.01. The van der Waals surface area contributed by atoms with Crippen molar-refractivity contribution in [1.82, 2.24) is 43.2 Å². The minimum absolute atomic E-state index is 0.445. The van der Waals surface area contributed by atoms with Crippen molar-refractivity contribution in [3.63, 3.8) is 0 Å². The highest BCUT2D eigenvalue weighted by Gasteiger charge is 2.38. The fourth-order valence-electron chi connectivity index (χ4n) is 14.6. The average molecular weight is 1200 g/mol. The molecule has 0 radical (unpaired) electrons. The van der Waals surface area contributed by atoms with E-state index in [1.165, 1.54) is 0 Å². The van der Waals surface area contributed by atoms with Crippen LogP contribution in [0.25, 0.3) is 178 Å². The van der Waals surface area contributed by atoms with Crippen LogP contribution < -0.4 is 0 Å². The largest absolute Gasteiger partial charge is 0.308 e. The molecule has 9 nitrogen and oxygen atoms in total. The molecule has 0 aliphatic heterocycles. The van der Waals surface area contributed by atoms with Crippen LogP contribution in [0.3, 0.4) is 0 Å². The smallest absolute Gasteiger partial charge is 0.168 e. The Morgan fingerprint density at radius 3 is 0.670 bits per heavy atom. The third-order valence-electron chi connectivity index (χ3n) is 18.6. The zero-order chi connectivity index (χ0) is 61.8. The van der Waals surface area contributed by atoms with E-state index in [9.17, 15) is 0 Å². The van der Waals surface area contributed by atoms with Gasteiger partial charge in [-0.25, -0.2) is 24.9 Å². The van der Waals surface area contributed by atoms with Crippen LogP contribution in [0, 0.1) is 0 Å². The van der Waals surface area contributed by atoms with Gasteiger partial charge >= 0.3 is 0 Å². The summed E-state index contributed by atoms with van der Waals surface area (Å²) in [6, 6.07) is 114. The fourth-order valence-corrected chi connectivity index (χ4v) is 14.6. The highest BCUT2D eigenvalue weighted by atomic mass is 15.2. The molecule has 0 aliphatic rings. The van der Waals surface area contributed by atoms with E-state index in [-0.39, 0.29) is 0 Å². The van der Waals surface area contributed by atoms with Gasteiger partial charge in [0.05, 0.1) is 89.4 Å². The SMILES string of the molecule is c1ccc(-c2cc(-c3ccccc3)nc(-c3c(-n4c5ccccc5c5ccccc54)c(-c4nc(-c5ccccc5)nc(-c5ccccc5)n4)c(-n4c5ccccc5c5ccccc54)c(-n4c5ccccc5c5ccccc54)c3-n3c4ccccc4c4ccccc43)n2)cc1. The summed E-state index contributed by atoms with van der Waals surface area (Å²) < 4.78 is 9.99. The molecule has 0 fully saturated rings. The topological polar surface area (TPSA) is 84.2 Å². The number of aromatic nitrogens is 9. The summed E-state index contributed by atoms with van der Waals surface area (Å²) in [7, 11) is 0. The first-order valence-corrected chi connectivity index (χ1v) is 31.8. The van der Waals surface area contributed by atoms with Crippen LogP contribution in [0.1, 0.15) is 0 Å². The molecule has 0 bridgehead atoms. The molecule has 438 valence electrons. The van der Waals surface area contributed by atoms with Gasteiger partial charge in [-0.05, 0) is 54.6 Å². The lowest BCUT2D eigenvalue weighted by Gasteiger charge is -2.30. The van der Waals surface area contributed by atoms with E-state index in [0.29, 0.717) is 23.3 Å². The van der Waals surface area contributed by atoms with Gasteiger partial charge in [0.25, 0.3) is 0 Å². The number of para-hydroxylation sites is 8. The van der Waals surface area contributed by atoms with E-state index in [4.69, 9.17) is 24.9 Å². The molecule has 0 atom stereocenters. The van der Waals surface area contributed by atoms with Crippen molar-refractivity contribution >= 4 is 87.2 Å². The Morgan fingerprint density at radius 2 is 0.383 bits per heavy atom. The molecule has 0 spiro atoms. The summed E-state index contributed by atoms with van der Waals surface area (Å²) in [5, 5.41) is 8.73. The van der Waals surface area contributed by atoms with Gasteiger partial charge in [0.2, 0.25) is 0 Å². The zero-order valence-electron chi connectivity index (χ0n) is 50.6. The summed E-state index contributed by atoms with van der Waals surface area (Å²) in [6.45, 7) is 0. The lowest BCUT2D eigenvalue weighted by atomic mass is 9.95. The molecule has 13 aromatic carbocycles. The summed E-state index contributed by atoms with van der Waals surface area (Å²) in [4.78, 5) is 29.5. The standard InChI is InChI=1S/C85H53N9/c1-5-29-54(30-6-1)66-53-67(55-31-7-2-8-32-55)87-84(86-66)76-78(91-68-45-21-13-37-58(68)59-38-14-22-46-69(59)91)77(85-89-82(56-33-9-3-10-34-56)88-83(90-85)57-35-11-4-12-36-57)80(93-72-49-25-17-41-62(72)63-42-18-26-50-73(63)93)81(94-74-51-27-19-43-64(74)65-44-20-28-52-75(65)94)79(76)92-70-47-23-15-39-60(70)61-40-16-24-48-71(61)92/h1-53H. The minimum Gasteiger partial charge on any atom is -0.308 e. The van der Waals surface area contributed by atoms with Crippen LogP contribution in [-0.4, -0.2) is 43.2 Å². The van der Waals surface area contributed by atoms with Gasteiger partial charge in [-0.15, -0.1) is 0 Å². The Bertz CT molecular complexity index is 5630. The summed E-state index contributed by atoms with van der Waals surface area (Å²) >= 11 is 0. The molecule has 94 heavy (non-hydrogen) atoms. The van der Waals surface area contributed by atoms with E-state index in [1.54, 1.807) is 0 Å². The van der Waals surface area contributed by atoms with E-state index in [1.807, 2.05) is 12.1 Å². The molecule has 0 unspecified atom stereocenters. The second-order valence-electron chi connectivity index (χ2n) is 23.9. The summed E-state index contributed by atoms with van der Waals surface area (Å²) in [5.41, 5.74) is 17.8. The van der Waals surface area contributed by atoms with E-state index < -0.39 is 0 Å². The van der Waals surface area contributed by atoms with Crippen molar-refractivity contribution in [2.75, 3.05) is 0 Å². The quantitative estimate of drug-likeness (QED) is 0.136. The second-order valence-corrected chi connectivity index (χ2v) is 23.9. The Kier molecular flexibility index (Phi) is 12.1. The van der Waals surface area contributed by atoms with Gasteiger partial charge in [-0.1, -0.05) is 267 Å². The summed E-state index contributed by atoms with van der Waals surface area (Å²) in [6.07, 6.45) is 0. The van der Waals surface area contributed by atoms with Crippen molar-refractivity contribution in [3.05, 3.63) is 322 Å². The normalized spacial score (nSPS) is 11.8. The molecule has 0 saturated heterocycles. The Labute approximate surface area is 539 Å². The van der Waals surface area contributed by atoms with Gasteiger partial charge in [-0.3, -0.25) is 0 Å². The van der Waals surface area contributed by atoms with E-state index in [0.717, 1.165) is 155 Å². The molecule has 6 heterocycles. The maximum atomic E-state index is 6.06. The van der Waals surface area contributed by atoms with Gasteiger partial charge in [0.1, 0.15) is 0 Å². The number of benzene rings is 13. The maximum absolute atomic E-state index is 6.06. The third-order valence-corrected chi connectivity index (χ3v) is 18.6. The fraction of sp³-hybridized carbons (Fsp3) is 0. The van der Waals surface area contributed by atoms with Crippen molar-refractivity contribution in [2.45, 2.75) is 0 Å². The molecule has 0 N–H and O–H groups in total. The van der Waals surface area contributed by atoms with Gasteiger partial charge in [0.15, 0.2) is 23.3 Å². The van der Waals surface area contributed by atoms with Crippen molar-refractivity contribution in [1.29, 1.82) is 0 Å². The van der Waals surface area contributed by atoms with Crippen LogP contribution in [0.2, 0.25) is 0 Å². The first-order valence-electron chi connectivity index (χ1n) is 31.8. The van der Waals surface area contributed by atoms with Crippen molar-refractivity contribution in [2.24, 2.45) is 0 Å². The van der Waals surface area contributed by atoms with Crippen molar-refractivity contribution < 1.29 is 0 Å². The monoisotopic (exact) mass is 1200 g/mol. The molecule has 19 rings (SSSR count). The van der Waals surface area contributed by atoms with E-state index in [2.05, 4.69) is 328 Å². The molecular weight excluding hydrogens is 1150 g/mol. The summed E-state index contributed by atoms with van der Waals surface area (Å²) in [5.74, 6) is 1.98. The van der Waals surface area contributed by atoms with E-state index >= 15 is 0 Å². The Hall–Kier alpha value is -12.9. The third kappa shape index (κ3) is 8.18. The van der Waals surface area contributed by atoms with Gasteiger partial charge < -0.3 is 18.3 Å². The van der Waals surface area contributed by atoms with Gasteiger partial charge in [-0.2, -0.15) is 0 Å². The Balaban J connectivity index is 1.19. The first-order chi connectivity index (χ1) is 46.7. The van der Waals surface area contributed by atoms with Crippen LogP contribution in [-0.2, 0) is 0 Å². The number of hydrogen-bond acceptors (Lipinski definition) is 5. The highest BCUT2D eigenvalue weighted by molar-refractivity contribution is 6.18. The van der Waals surface area contributed by atoms with Gasteiger partial charge in [0, 0.05) is 65.3 Å². The molecule has 0 saturated carbocycles. The second kappa shape index (κ2) is 21.4. The first kappa shape index (κ1) is 53.0. The molecule has 6 aromatic heterocycles. The zero-order valence-corrected chi connectivity index (χ0v) is 50.6. The number of fused-ring (bicyclic) bond motifs is 12. The molecule has 0 amide bonds. The maximum Gasteiger partial charge on any atom is 0.168 e. The predicted molar refractivity (Wildman–Crippen MR) is 385 cm³/mol. The van der Waals surface area contributed by atoms with Crippen molar-refractivity contribution in [3.8, 4) is 90.8 Å².